The molecule has 2 aliphatic heterocycles. The molecule has 0 aromatic heterocycles. The van der Waals surface area contributed by atoms with Crippen LogP contribution in [-0.2, 0) is 6.54 Å². The maximum atomic E-state index is 5.82. The molecule has 1 aromatic carbocycles. The second-order valence-electron chi connectivity index (χ2n) is 5.94. The summed E-state index contributed by atoms with van der Waals surface area (Å²) in [6, 6.07) is 9.03. The average molecular weight is 289 g/mol. The van der Waals surface area contributed by atoms with Gasteiger partial charge in [0, 0.05) is 31.2 Å². The van der Waals surface area contributed by atoms with Crippen LogP contribution in [0.3, 0.4) is 0 Å². The molecule has 0 saturated carbocycles. The zero-order valence-electron chi connectivity index (χ0n) is 11.9. The van der Waals surface area contributed by atoms with Crippen LogP contribution in [0.25, 0.3) is 0 Å². The summed E-state index contributed by atoms with van der Waals surface area (Å²) in [5, 5.41) is 0. The van der Waals surface area contributed by atoms with Crippen molar-refractivity contribution < 1.29 is 0 Å². The lowest BCUT2D eigenvalue weighted by atomic mass is 10.1. The van der Waals surface area contributed by atoms with Crippen molar-refractivity contribution in [3.63, 3.8) is 0 Å². The summed E-state index contributed by atoms with van der Waals surface area (Å²) in [5.74, 6) is 0. The molecule has 0 radical (unpaired) electrons. The lowest BCUT2D eigenvalue weighted by molar-refractivity contribution is 0.230. The fraction of sp³-hybridized carbons (Fsp3) is 0.562. The van der Waals surface area contributed by atoms with E-state index >= 15 is 0 Å². The molecule has 3 rings (SSSR count). The van der Waals surface area contributed by atoms with Crippen molar-refractivity contribution in [2.24, 2.45) is 5.73 Å². The maximum absolute atomic E-state index is 5.82. The Morgan fingerprint density at radius 2 is 1.95 bits per heavy atom. The first kappa shape index (κ1) is 14.0. The monoisotopic (exact) mass is 289 g/mol. The third-order valence-electron chi connectivity index (χ3n) is 4.58. The normalized spacial score (nSPS) is 24.3. The van der Waals surface area contributed by atoms with Gasteiger partial charge in [0.15, 0.2) is 0 Å². The van der Waals surface area contributed by atoms with Crippen molar-refractivity contribution >= 4 is 17.2 Å². The second kappa shape index (κ2) is 6.20. The van der Waals surface area contributed by atoms with Crippen molar-refractivity contribution in [2.75, 3.05) is 26.2 Å². The lowest BCUT2D eigenvalue weighted by Crippen LogP contribution is -2.35. The largest absolute Gasteiger partial charge is 0.389 e. The smallest absolute Gasteiger partial charge is 0.104 e. The predicted octanol–water partition coefficient (Wildman–Crippen LogP) is 1.99. The number of thiocarbonyl (C=S) groups is 1. The summed E-state index contributed by atoms with van der Waals surface area (Å²) in [7, 11) is 0. The standard InChI is InChI=1S/C16H23N3S/c17-16(20)15-6-2-1-5-13(15)11-18-10-7-14(12-18)19-8-3-4-9-19/h1-2,5-6,14H,3-4,7-12H2,(H2,17,20). The van der Waals surface area contributed by atoms with Crippen LogP contribution in [0.2, 0.25) is 0 Å². The van der Waals surface area contributed by atoms with E-state index in [1.165, 1.54) is 51.0 Å². The van der Waals surface area contributed by atoms with Gasteiger partial charge < -0.3 is 5.73 Å². The van der Waals surface area contributed by atoms with Gasteiger partial charge in [-0.1, -0.05) is 36.5 Å². The Hall–Kier alpha value is -0.970. The number of hydrogen-bond donors (Lipinski definition) is 1. The minimum Gasteiger partial charge on any atom is -0.389 e. The Morgan fingerprint density at radius 3 is 2.70 bits per heavy atom. The second-order valence-corrected chi connectivity index (χ2v) is 6.38. The van der Waals surface area contributed by atoms with Crippen molar-refractivity contribution in [2.45, 2.75) is 31.8 Å². The van der Waals surface area contributed by atoms with Crippen molar-refractivity contribution in [3.05, 3.63) is 35.4 Å². The molecule has 2 fully saturated rings. The SMILES string of the molecule is NC(=S)c1ccccc1CN1CCC(N2CCCC2)C1. The summed E-state index contributed by atoms with van der Waals surface area (Å²) >= 11 is 5.15. The van der Waals surface area contributed by atoms with Gasteiger partial charge in [-0.15, -0.1) is 0 Å². The topological polar surface area (TPSA) is 32.5 Å². The third-order valence-corrected chi connectivity index (χ3v) is 4.80. The highest BCUT2D eigenvalue weighted by atomic mass is 32.1. The lowest BCUT2D eigenvalue weighted by Gasteiger charge is -2.24. The third kappa shape index (κ3) is 3.03. The highest BCUT2D eigenvalue weighted by Crippen LogP contribution is 2.22. The van der Waals surface area contributed by atoms with Gasteiger partial charge in [0.1, 0.15) is 4.99 Å². The average Bonchev–Trinajstić information content (AvgIpc) is 3.09. The quantitative estimate of drug-likeness (QED) is 0.859. The molecule has 4 heteroatoms. The molecule has 1 aromatic rings. The molecular weight excluding hydrogens is 266 g/mol. The number of nitrogens with two attached hydrogens (primary N) is 1. The molecule has 20 heavy (non-hydrogen) atoms. The molecule has 3 nitrogen and oxygen atoms in total. The Kier molecular flexibility index (Phi) is 4.34. The zero-order valence-corrected chi connectivity index (χ0v) is 12.7. The molecule has 0 bridgehead atoms. The first-order valence-electron chi connectivity index (χ1n) is 7.58. The van der Waals surface area contributed by atoms with Crippen molar-refractivity contribution in [1.29, 1.82) is 0 Å². The van der Waals surface area contributed by atoms with Crippen molar-refractivity contribution in [1.82, 2.24) is 9.80 Å². The minimum atomic E-state index is 0.510. The molecule has 108 valence electrons. The Morgan fingerprint density at radius 1 is 1.20 bits per heavy atom. The van der Waals surface area contributed by atoms with Crippen LogP contribution < -0.4 is 5.73 Å². The number of benzene rings is 1. The van der Waals surface area contributed by atoms with E-state index in [2.05, 4.69) is 21.9 Å². The molecule has 0 spiro atoms. The van der Waals surface area contributed by atoms with Gasteiger partial charge >= 0.3 is 0 Å². The van der Waals surface area contributed by atoms with Crippen LogP contribution in [0.5, 0.6) is 0 Å². The van der Waals surface area contributed by atoms with E-state index in [0.717, 1.165) is 18.2 Å². The van der Waals surface area contributed by atoms with Gasteiger partial charge in [0.2, 0.25) is 0 Å². The van der Waals surface area contributed by atoms with Gasteiger partial charge in [-0.25, -0.2) is 0 Å². The Bertz CT molecular complexity index is 482. The number of hydrogen-bond acceptors (Lipinski definition) is 3. The number of likely N-dealkylation sites (tertiary alicyclic amines) is 2. The fourth-order valence-corrected chi connectivity index (χ4v) is 3.70. The molecule has 2 N–H and O–H groups in total. The van der Waals surface area contributed by atoms with Gasteiger partial charge in [-0.05, 0) is 37.9 Å². The van der Waals surface area contributed by atoms with E-state index in [1.807, 2.05) is 12.1 Å². The van der Waals surface area contributed by atoms with Crippen LogP contribution in [0, 0.1) is 0 Å². The Labute approximate surface area is 126 Å². The molecule has 0 amide bonds. The van der Waals surface area contributed by atoms with Gasteiger partial charge in [-0.3, -0.25) is 9.80 Å². The highest BCUT2D eigenvalue weighted by molar-refractivity contribution is 7.80. The molecule has 1 atom stereocenters. The summed E-state index contributed by atoms with van der Waals surface area (Å²) < 4.78 is 0. The van der Waals surface area contributed by atoms with E-state index in [4.69, 9.17) is 18.0 Å². The van der Waals surface area contributed by atoms with Crippen LogP contribution in [0.4, 0.5) is 0 Å². The van der Waals surface area contributed by atoms with Gasteiger partial charge in [-0.2, -0.15) is 0 Å². The molecule has 0 aliphatic carbocycles. The van der Waals surface area contributed by atoms with Gasteiger partial charge in [0.25, 0.3) is 0 Å². The first-order valence-corrected chi connectivity index (χ1v) is 7.99. The van der Waals surface area contributed by atoms with E-state index in [1.54, 1.807) is 0 Å². The molecular formula is C16H23N3S. The van der Waals surface area contributed by atoms with Crippen LogP contribution in [0.15, 0.2) is 24.3 Å². The minimum absolute atomic E-state index is 0.510. The van der Waals surface area contributed by atoms with Crippen LogP contribution in [-0.4, -0.2) is 47.0 Å². The van der Waals surface area contributed by atoms with Crippen LogP contribution >= 0.6 is 12.2 Å². The highest BCUT2D eigenvalue weighted by Gasteiger charge is 2.29. The first-order chi connectivity index (χ1) is 9.74. The molecule has 2 saturated heterocycles. The van der Waals surface area contributed by atoms with Crippen molar-refractivity contribution in [3.8, 4) is 0 Å². The zero-order chi connectivity index (χ0) is 13.9. The maximum Gasteiger partial charge on any atom is 0.104 e. The molecule has 2 heterocycles. The van der Waals surface area contributed by atoms with E-state index in [0.29, 0.717) is 4.99 Å². The number of rotatable bonds is 4. The fourth-order valence-electron chi connectivity index (χ4n) is 3.50. The molecule has 2 aliphatic rings. The van der Waals surface area contributed by atoms with E-state index < -0.39 is 0 Å². The summed E-state index contributed by atoms with van der Waals surface area (Å²) in [4.78, 5) is 5.72. The van der Waals surface area contributed by atoms with E-state index in [-0.39, 0.29) is 0 Å². The van der Waals surface area contributed by atoms with Gasteiger partial charge in [0.05, 0.1) is 0 Å². The Balaban J connectivity index is 1.63. The van der Waals surface area contributed by atoms with Crippen LogP contribution in [0.1, 0.15) is 30.4 Å². The summed E-state index contributed by atoms with van der Waals surface area (Å²) in [6.07, 6.45) is 4.05. The molecule has 1 unspecified atom stereocenters. The van der Waals surface area contributed by atoms with E-state index in [9.17, 15) is 0 Å². The summed E-state index contributed by atoms with van der Waals surface area (Å²) in [5.41, 5.74) is 8.12. The summed E-state index contributed by atoms with van der Waals surface area (Å²) in [6.45, 7) is 5.93. The number of nitrogens with zero attached hydrogens (tertiary/aromatic N) is 2. The predicted molar refractivity (Wildman–Crippen MR) is 86.8 cm³/mol.